The number of unbranched alkanes of at least 4 members (excludes halogenated alkanes) is 1. The van der Waals surface area contributed by atoms with Crippen molar-refractivity contribution in [1.29, 1.82) is 0 Å². The van der Waals surface area contributed by atoms with Crippen LogP contribution in [0.3, 0.4) is 0 Å². The number of H-pyrrole nitrogens is 1. The molecule has 3 nitrogen and oxygen atoms in total. The maximum atomic E-state index is 12.4. The molecular weight excluding hydrogens is 332 g/mol. The van der Waals surface area contributed by atoms with E-state index in [1.165, 1.54) is 5.56 Å². The number of hydrogen-bond acceptors (Lipinski definition) is 2. The van der Waals surface area contributed by atoms with E-state index in [0.717, 1.165) is 48.8 Å². The second-order valence-corrected chi connectivity index (χ2v) is 6.11. The topological polar surface area (TPSA) is 44.9 Å². The molecule has 0 saturated heterocycles. The van der Waals surface area contributed by atoms with Crippen LogP contribution >= 0.6 is 12.4 Å². The summed E-state index contributed by atoms with van der Waals surface area (Å²) in [5.74, 6) is 0.233. The zero-order chi connectivity index (χ0) is 16.6. The molecule has 1 heterocycles. The van der Waals surface area contributed by atoms with E-state index in [4.69, 9.17) is 0 Å². The van der Waals surface area contributed by atoms with Gasteiger partial charge < -0.3 is 10.3 Å². The van der Waals surface area contributed by atoms with Crippen LogP contribution < -0.4 is 5.32 Å². The Morgan fingerprint density at radius 2 is 1.68 bits per heavy atom. The molecule has 25 heavy (non-hydrogen) atoms. The normalized spacial score (nSPS) is 10.6. The zero-order valence-electron chi connectivity index (χ0n) is 14.3. The molecule has 0 aliphatic heterocycles. The monoisotopic (exact) mass is 356 g/mol. The van der Waals surface area contributed by atoms with E-state index in [2.05, 4.69) is 34.6 Å². The van der Waals surface area contributed by atoms with E-state index in [-0.39, 0.29) is 18.2 Å². The SMILES string of the molecule is Cl.O=C(CCCCNCCc1ccccc1)c1c[nH]c2ccccc12. The van der Waals surface area contributed by atoms with E-state index >= 15 is 0 Å². The van der Waals surface area contributed by atoms with Crippen LogP contribution in [0.2, 0.25) is 0 Å². The molecule has 132 valence electrons. The summed E-state index contributed by atoms with van der Waals surface area (Å²) in [6.07, 6.45) is 5.46. The Hall–Kier alpha value is -2.10. The van der Waals surface area contributed by atoms with Crippen molar-refractivity contribution in [2.75, 3.05) is 13.1 Å². The molecule has 3 aromatic rings. The van der Waals surface area contributed by atoms with Crippen molar-refractivity contribution in [3.63, 3.8) is 0 Å². The molecular formula is C21H25ClN2O. The smallest absolute Gasteiger partial charge is 0.165 e. The number of halogens is 1. The molecule has 0 bridgehead atoms. The molecule has 2 N–H and O–H groups in total. The van der Waals surface area contributed by atoms with Gasteiger partial charge in [-0.1, -0.05) is 48.5 Å². The second-order valence-electron chi connectivity index (χ2n) is 6.11. The lowest BCUT2D eigenvalue weighted by Crippen LogP contribution is -2.18. The van der Waals surface area contributed by atoms with Gasteiger partial charge in [0.1, 0.15) is 0 Å². The molecule has 0 amide bonds. The summed E-state index contributed by atoms with van der Waals surface area (Å²) < 4.78 is 0. The third-order valence-corrected chi connectivity index (χ3v) is 4.33. The van der Waals surface area contributed by atoms with Gasteiger partial charge >= 0.3 is 0 Å². The molecule has 0 saturated carbocycles. The number of fused-ring (bicyclic) bond motifs is 1. The molecule has 0 spiro atoms. The average molecular weight is 357 g/mol. The van der Waals surface area contributed by atoms with Crippen molar-refractivity contribution in [1.82, 2.24) is 10.3 Å². The highest BCUT2D eigenvalue weighted by Gasteiger charge is 2.10. The van der Waals surface area contributed by atoms with E-state index in [9.17, 15) is 4.79 Å². The second kappa shape index (κ2) is 10.0. The molecule has 2 aromatic carbocycles. The highest BCUT2D eigenvalue weighted by molar-refractivity contribution is 6.07. The Labute approximate surface area is 155 Å². The van der Waals surface area contributed by atoms with Crippen LogP contribution in [-0.2, 0) is 6.42 Å². The standard InChI is InChI=1S/C21H24N2O.ClH/c24-21(19-16-23-20-11-5-4-10-18(19)20)12-6-7-14-22-15-13-17-8-2-1-3-9-17;/h1-5,8-11,16,22-23H,6-7,12-15H2;1H. The van der Waals surface area contributed by atoms with Gasteiger partial charge in [0.05, 0.1) is 0 Å². The van der Waals surface area contributed by atoms with Gasteiger partial charge in [-0.3, -0.25) is 4.79 Å². The highest BCUT2D eigenvalue weighted by Crippen LogP contribution is 2.19. The minimum atomic E-state index is 0. The van der Waals surface area contributed by atoms with Gasteiger partial charge in [0.15, 0.2) is 5.78 Å². The summed E-state index contributed by atoms with van der Waals surface area (Å²) in [4.78, 5) is 15.5. The molecule has 0 aliphatic rings. The van der Waals surface area contributed by atoms with Gasteiger partial charge in [-0.15, -0.1) is 12.4 Å². The lowest BCUT2D eigenvalue weighted by atomic mass is 10.0. The van der Waals surface area contributed by atoms with Crippen LogP contribution in [0.5, 0.6) is 0 Å². The van der Waals surface area contributed by atoms with Crippen molar-refractivity contribution in [3.05, 3.63) is 71.9 Å². The lowest BCUT2D eigenvalue weighted by Gasteiger charge is -2.05. The van der Waals surface area contributed by atoms with Gasteiger partial charge in [-0.2, -0.15) is 0 Å². The van der Waals surface area contributed by atoms with Crippen molar-refractivity contribution in [2.24, 2.45) is 0 Å². The predicted molar refractivity (Wildman–Crippen MR) is 107 cm³/mol. The maximum Gasteiger partial charge on any atom is 0.165 e. The molecule has 1 aromatic heterocycles. The van der Waals surface area contributed by atoms with Gasteiger partial charge in [-0.25, -0.2) is 0 Å². The molecule has 3 rings (SSSR count). The number of benzene rings is 2. The molecule has 0 aliphatic carbocycles. The van der Waals surface area contributed by atoms with Crippen LogP contribution in [0.15, 0.2) is 60.8 Å². The van der Waals surface area contributed by atoms with Crippen molar-refractivity contribution in [2.45, 2.75) is 25.7 Å². The number of para-hydroxylation sites is 1. The van der Waals surface area contributed by atoms with Crippen LogP contribution in [0.25, 0.3) is 10.9 Å². The van der Waals surface area contributed by atoms with Crippen molar-refractivity contribution in [3.8, 4) is 0 Å². The van der Waals surface area contributed by atoms with Crippen LogP contribution in [0.1, 0.15) is 35.2 Å². The van der Waals surface area contributed by atoms with E-state index in [1.54, 1.807) is 0 Å². The highest BCUT2D eigenvalue weighted by atomic mass is 35.5. The van der Waals surface area contributed by atoms with Gasteiger partial charge in [0.25, 0.3) is 0 Å². The molecule has 0 fully saturated rings. The fraction of sp³-hybridized carbons (Fsp3) is 0.286. The van der Waals surface area contributed by atoms with E-state index in [1.807, 2.05) is 36.5 Å². The molecule has 0 unspecified atom stereocenters. The summed E-state index contributed by atoms with van der Waals surface area (Å²) in [7, 11) is 0. The number of rotatable bonds is 9. The Kier molecular flexibility index (Phi) is 7.71. The van der Waals surface area contributed by atoms with Crippen LogP contribution in [0.4, 0.5) is 0 Å². The zero-order valence-corrected chi connectivity index (χ0v) is 15.1. The number of aromatic amines is 1. The largest absolute Gasteiger partial charge is 0.360 e. The quantitative estimate of drug-likeness (QED) is 0.428. The fourth-order valence-electron chi connectivity index (χ4n) is 2.97. The number of carbonyl (C=O) groups excluding carboxylic acids is 1. The summed E-state index contributed by atoms with van der Waals surface area (Å²) in [6.45, 7) is 1.95. The minimum absolute atomic E-state index is 0. The van der Waals surface area contributed by atoms with Crippen molar-refractivity contribution >= 4 is 29.1 Å². The van der Waals surface area contributed by atoms with Crippen molar-refractivity contribution < 1.29 is 4.79 Å². The number of aromatic nitrogens is 1. The summed E-state index contributed by atoms with van der Waals surface area (Å²) in [5.41, 5.74) is 3.21. The Morgan fingerprint density at radius 3 is 2.52 bits per heavy atom. The first-order valence-corrected chi connectivity index (χ1v) is 8.68. The molecule has 0 radical (unpaired) electrons. The summed E-state index contributed by atoms with van der Waals surface area (Å²) in [6, 6.07) is 18.5. The first-order valence-electron chi connectivity index (χ1n) is 8.68. The lowest BCUT2D eigenvalue weighted by molar-refractivity contribution is 0.0981. The maximum absolute atomic E-state index is 12.4. The first-order chi connectivity index (χ1) is 11.8. The number of nitrogens with one attached hydrogen (secondary N) is 2. The first kappa shape index (κ1) is 19.2. The minimum Gasteiger partial charge on any atom is -0.360 e. The molecule has 0 atom stereocenters. The number of ketones is 1. The third-order valence-electron chi connectivity index (χ3n) is 4.33. The number of carbonyl (C=O) groups is 1. The predicted octanol–water partition coefficient (Wildman–Crippen LogP) is 4.78. The Balaban J connectivity index is 0.00000225. The van der Waals surface area contributed by atoms with E-state index < -0.39 is 0 Å². The van der Waals surface area contributed by atoms with Crippen LogP contribution in [-0.4, -0.2) is 23.9 Å². The third kappa shape index (κ3) is 5.45. The van der Waals surface area contributed by atoms with Crippen LogP contribution in [0, 0.1) is 0 Å². The Bertz CT molecular complexity index is 783. The van der Waals surface area contributed by atoms with Gasteiger partial charge in [0.2, 0.25) is 0 Å². The molecule has 4 heteroatoms. The fourth-order valence-corrected chi connectivity index (χ4v) is 2.97. The summed E-state index contributed by atoms with van der Waals surface area (Å²) in [5, 5.41) is 4.49. The van der Waals surface area contributed by atoms with Gasteiger partial charge in [-0.05, 0) is 44.0 Å². The number of hydrogen-bond donors (Lipinski definition) is 2. The number of Topliss-reactive ketones (excluding diaryl/α,β-unsaturated/α-hetero) is 1. The Morgan fingerprint density at radius 1 is 0.920 bits per heavy atom. The van der Waals surface area contributed by atoms with Gasteiger partial charge in [0, 0.05) is 29.1 Å². The summed E-state index contributed by atoms with van der Waals surface area (Å²) >= 11 is 0. The average Bonchev–Trinajstić information content (AvgIpc) is 3.06. The van der Waals surface area contributed by atoms with E-state index in [0.29, 0.717) is 6.42 Å².